The predicted molar refractivity (Wildman–Crippen MR) is 231 cm³/mol. The van der Waals surface area contributed by atoms with Crippen LogP contribution in [0.2, 0.25) is 0 Å². The summed E-state index contributed by atoms with van der Waals surface area (Å²) in [5.74, 6) is -1.00. The Bertz CT molecular complexity index is 2390. The number of likely N-dealkylation sites (N-methyl/N-ethyl adjacent to an activating group) is 1. The first-order valence-electron chi connectivity index (χ1n) is 20.7. The number of nitrogens with two attached hydrogens (primary N) is 1. The Hall–Kier alpha value is -4.07. The first-order valence-corrected chi connectivity index (χ1v) is 22.1. The highest BCUT2D eigenvalue weighted by molar-refractivity contribution is 7.79. The molecule has 0 radical (unpaired) electrons. The van der Waals surface area contributed by atoms with Crippen molar-refractivity contribution < 1.29 is 57.6 Å². The van der Waals surface area contributed by atoms with Crippen LogP contribution >= 0.6 is 0 Å². The SMILES string of the molecule is CC[C@@]1(O)C[C@@H]2CN(CCc3c([nH]c4ccccc34)[C@](C(=O)OC)(c3cc4c(cc3OC)N(C)[C@@H]3[C@]45CCN4CC=C[C@@](CC)(C(O)[C@]3(O)C(N)=O)[C@H]45)C2)C1.O=S(=O)(O)O.[HH].[HH].[HH].[HH]. The molecule has 9 rings (SSSR count). The Morgan fingerprint density at radius 1 is 1.03 bits per heavy atom. The summed E-state index contributed by atoms with van der Waals surface area (Å²) in [6.07, 6.45) is 5.78. The number of primary amides is 1. The molecule has 8 N–H and O–H groups in total. The zero-order valence-corrected chi connectivity index (χ0v) is 35.5. The maximum atomic E-state index is 15.2. The quantitative estimate of drug-likeness (QED) is 0.107. The molecule has 5 aliphatic heterocycles. The number of aromatic nitrogens is 1. The van der Waals surface area contributed by atoms with E-state index in [-0.39, 0.29) is 17.7 Å². The first-order chi connectivity index (χ1) is 28.3. The molecule has 60 heavy (non-hydrogen) atoms. The highest BCUT2D eigenvalue weighted by atomic mass is 32.3. The molecule has 2 bridgehead atoms. The number of ether oxygens (including phenoxy) is 2. The van der Waals surface area contributed by atoms with Gasteiger partial charge in [0.05, 0.1) is 25.9 Å². The van der Waals surface area contributed by atoms with Gasteiger partial charge in [-0.2, -0.15) is 8.42 Å². The molecule has 3 fully saturated rings. The van der Waals surface area contributed by atoms with Gasteiger partial charge in [-0.05, 0) is 74.2 Å². The molecule has 2 unspecified atom stereocenters. The highest BCUT2D eigenvalue weighted by Crippen LogP contribution is 2.67. The van der Waals surface area contributed by atoms with Gasteiger partial charge in [0.15, 0.2) is 5.60 Å². The highest BCUT2D eigenvalue weighted by Gasteiger charge is 2.78. The lowest BCUT2D eigenvalue weighted by molar-refractivity contribution is -0.201. The smallest absolute Gasteiger partial charge is 0.394 e. The number of aliphatic hydroxyl groups excluding tert-OH is 1. The van der Waals surface area contributed by atoms with Crippen molar-refractivity contribution in [2.45, 2.75) is 92.6 Å². The van der Waals surface area contributed by atoms with Gasteiger partial charge in [-0.1, -0.05) is 44.2 Å². The molecule has 17 heteroatoms. The molecular formula is C43H65N5O11S. The number of H-pyrrole nitrogens is 1. The van der Waals surface area contributed by atoms with E-state index in [0.29, 0.717) is 69.5 Å². The third kappa shape index (κ3) is 5.91. The summed E-state index contributed by atoms with van der Waals surface area (Å²) < 4.78 is 43.8. The van der Waals surface area contributed by atoms with Crippen LogP contribution in [0.1, 0.15) is 74.0 Å². The van der Waals surface area contributed by atoms with Crippen LogP contribution in [0.4, 0.5) is 5.69 Å². The summed E-state index contributed by atoms with van der Waals surface area (Å²) >= 11 is 0. The Morgan fingerprint density at radius 2 is 1.75 bits per heavy atom. The Balaban J connectivity index is 0.000000947. The number of fused-ring (bicyclic) bond motifs is 6. The van der Waals surface area contributed by atoms with Crippen LogP contribution < -0.4 is 15.4 Å². The summed E-state index contributed by atoms with van der Waals surface area (Å²) in [5, 5.41) is 38.0. The van der Waals surface area contributed by atoms with Crippen LogP contribution in [-0.4, -0.2) is 143 Å². The van der Waals surface area contributed by atoms with Crippen LogP contribution in [-0.2, 0) is 42.0 Å². The summed E-state index contributed by atoms with van der Waals surface area (Å²) in [7, 11) is 0.225. The summed E-state index contributed by atoms with van der Waals surface area (Å²) in [6.45, 7) is 7.39. The van der Waals surface area contributed by atoms with E-state index in [4.69, 9.17) is 32.7 Å². The fraction of sp³-hybridized carbons (Fsp3) is 0.581. The first kappa shape index (κ1) is 42.6. The molecule has 1 aliphatic carbocycles. The minimum absolute atomic E-state index is 0. The minimum Gasteiger partial charge on any atom is -0.496 e. The lowest BCUT2D eigenvalue weighted by atomic mass is 9.47. The molecule has 10 atom stereocenters. The molecule has 6 heterocycles. The number of carbonyl (C=O) groups excluding carboxylic acids is 2. The number of esters is 1. The van der Waals surface area contributed by atoms with Crippen molar-refractivity contribution in [2.24, 2.45) is 17.1 Å². The topological polar surface area (TPSA) is 239 Å². The summed E-state index contributed by atoms with van der Waals surface area (Å²) in [4.78, 5) is 39.3. The molecule has 1 aromatic heterocycles. The average molecular weight is 860 g/mol. The van der Waals surface area contributed by atoms with Gasteiger partial charge in [0.2, 0.25) is 0 Å². The lowest BCUT2D eigenvalue weighted by Crippen LogP contribution is -2.81. The zero-order valence-electron chi connectivity index (χ0n) is 34.7. The molecule has 2 saturated heterocycles. The van der Waals surface area contributed by atoms with E-state index < -0.39 is 61.9 Å². The third-order valence-corrected chi connectivity index (χ3v) is 15.2. The lowest BCUT2D eigenvalue weighted by Gasteiger charge is -2.63. The van der Waals surface area contributed by atoms with E-state index in [2.05, 4.69) is 26.9 Å². The number of piperidine rings is 1. The molecule has 16 nitrogen and oxygen atoms in total. The number of hydrogen-bond donors (Lipinski definition) is 7. The van der Waals surface area contributed by atoms with Crippen molar-refractivity contribution in [1.82, 2.24) is 14.8 Å². The molecule has 2 aromatic carbocycles. The summed E-state index contributed by atoms with van der Waals surface area (Å²) in [5.41, 5.74) is 4.72. The Morgan fingerprint density at radius 3 is 2.40 bits per heavy atom. The number of carbonyl (C=O) groups is 2. The molecule has 1 spiro atoms. The van der Waals surface area contributed by atoms with Gasteiger partial charge in [-0.15, -0.1) is 0 Å². The number of rotatable bonds is 6. The maximum absolute atomic E-state index is 15.2. The number of methoxy groups -OCH3 is 2. The number of benzene rings is 2. The Kier molecular flexibility index (Phi) is 10.3. The van der Waals surface area contributed by atoms with E-state index in [1.165, 1.54) is 7.11 Å². The van der Waals surface area contributed by atoms with Gasteiger partial charge in [-0.25, -0.2) is 0 Å². The maximum Gasteiger partial charge on any atom is 0.394 e. The van der Waals surface area contributed by atoms with Crippen molar-refractivity contribution >= 4 is 38.9 Å². The molecule has 3 aromatic rings. The number of hydrogen-bond acceptors (Lipinski definition) is 12. The fourth-order valence-corrected chi connectivity index (χ4v) is 13.1. The van der Waals surface area contributed by atoms with Crippen molar-refractivity contribution in [1.29, 1.82) is 0 Å². The zero-order chi connectivity index (χ0) is 43.4. The van der Waals surface area contributed by atoms with Crippen molar-refractivity contribution in [3.63, 3.8) is 0 Å². The van der Waals surface area contributed by atoms with Gasteiger partial charge in [0, 0.05) is 89.7 Å². The number of nitrogens with zero attached hydrogens (tertiary/aromatic N) is 3. The van der Waals surface area contributed by atoms with Crippen LogP contribution in [0, 0.1) is 11.3 Å². The molecule has 6 aliphatic rings. The average Bonchev–Trinajstić information content (AvgIpc) is 3.87. The molecule has 334 valence electrons. The molecular weight excluding hydrogens is 795 g/mol. The van der Waals surface area contributed by atoms with E-state index in [9.17, 15) is 20.1 Å². The van der Waals surface area contributed by atoms with E-state index in [1.54, 1.807) is 7.11 Å². The molecule has 1 saturated carbocycles. The fourth-order valence-electron chi connectivity index (χ4n) is 13.1. The second-order valence-electron chi connectivity index (χ2n) is 17.9. The predicted octanol–water partition coefficient (Wildman–Crippen LogP) is 3.06. The van der Waals surface area contributed by atoms with Gasteiger partial charge < -0.3 is 40.4 Å². The van der Waals surface area contributed by atoms with Crippen molar-refractivity contribution in [3.05, 3.63) is 70.9 Å². The van der Waals surface area contributed by atoms with Crippen LogP contribution in [0.25, 0.3) is 10.9 Å². The van der Waals surface area contributed by atoms with Gasteiger partial charge in [-0.3, -0.25) is 28.5 Å². The van der Waals surface area contributed by atoms with E-state index >= 15 is 4.79 Å². The van der Waals surface area contributed by atoms with Crippen LogP contribution in [0.5, 0.6) is 5.75 Å². The van der Waals surface area contributed by atoms with Crippen molar-refractivity contribution in [2.75, 3.05) is 58.9 Å². The van der Waals surface area contributed by atoms with Gasteiger partial charge in [0.25, 0.3) is 5.91 Å². The third-order valence-electron chi connectivity index (χ3n) is 15.2. The van der Waals surface area contributed by atoms with E-state index in [0.717, 1.165) is 46.5 Å². The van der Waals surface area contributed by atoms with E-state index in [1.807, 2.05) is 62.2 Å². The number of anilines is 1. The number of amides is 1. The normalized spacial score (nSPS) is 36.7. The second-order valence-corrected chi connectivity index (χ2v) is 18.8. The molecule has 1 amide bonds. The van der Waals surface area contributed by atoms with Crippen molar-refractivity contribution in [3.8, 4) is 5.75 Å². The van der Waals surface area contributed by atoms with Gasteiger partial charge >= 0.3 is 16.4 Å². The van der Waals surface area contributed by atoms with Gasteiger partial charge in [0.1, 0.15) is 17.3 Å². The van der Waals surface area contributed by atoms with Crippen LogP contribution in [0.15, 0.2) is 48.6 Å². The second kappa shape index (κ2) is 14.5. The number of para-hydroxylation sites is 1. The largest absolute Gasteiger partial charge is 0.496 e. The summed E-state index contributed by atoms with van der Waals surface area (Å²) in [6, 6.07) is 11.0. The standard InChI is InChI=1S/C43H55N5O7.H2O4S.4H2/c1-6-39(52)21-25-22-42(38(51)55-5,33-27(13-17-47(23-25)24-39)26-11-8-9-12-30(26)45-33)29-19-28-31(20-32(29)54-4)46(3)35-41(28)15-18-48-16-10-14-40(7-2,34(41)48)36(49)43(35,53)37(44)50;1-5(2,3)4;;;;/h8-12,14,19-20,25,34-36,45,49,52-53H,6-7,13,15-18,21-24H2,1-5H3,(H2,44,50);(H2,1,2,3,4);4*1H/t25-,34-,35+,36?,39+,40+,41+,42+,43-;;;;;/m0...../s1. The number of nitrogens with one attached hydrogen (secondary N) is 1. The minimum atomic E-state index is -4.67. The Labute approximate surface area is 355 Å². The van der Waals surface area contributed by atoms with Crippen LogP contribution in [0.3, 0.4) is 0 Å². The number of aliphatic hydroxyl groups is 3. The number of aromatic amines is 1. The monoisotopic (exact) mass is 859 g/mol.